The first kappa shape index (κ1) is 19.7. The second-order valence-corrected chi connectivity index (χ2v) is 8.93. The Bertz CT molecular complexity index is 1060. The molecule has 2 heterocycles. The van der Waals surface area contributed by atoms with Crippen molar-refractivity contribution >= 4 is 34.0 Å². The van der Waals surface area contributed by atoms with E-state index in [1.54, 1.807) is 0 Å². The van der Waals surface area contributed by atoms with Gasteiger partial charge < -0.3 is 5.32 Å². The highest BCUT2D eigenvalue weighted by Gasteiger charge is 2.22. The first-order valence-electron chi connectivity index (χ1n) is 9.67. The SMILES string of the molecule is CCc1ccc(-c2nc(SCC(=O)Nc3sc4c(c3C#N)CCCC4)n[nH]2)cc1. The first-order valence-corrected chi connectivity index (χ1v) is 11.5. The van der Waals surface area contributed by atoms with E-state index in [0.717, 1.165) is 43.2 Å². The fourth-order valence-corrected chi connectivity index (χ4v) is 5.26. The normalized spacial score (nSPS) is 13.0. The number of aromatic nitrogens is 3. The fraction of sp³-hybridized carbons (Fsp3) is 0.333. The highest BCUT2D eigenvalue weighted by molar-refractivity contribution is 7.99. The molecule has 0 unspecified atom stereocenters. The molecule has 0 bridgehead atoms. The van der Waals surface area contributed by atoms with E-state index < -0.39 is 0 Å². The van der Waals surface area contributed by atoms with E-state index in [1.807, 2.05) is 12.1 Å². The molecule has 1 aliphatic carbocycles. The number of fused-ring (bicyclic) bond motifs is 1. The number of nitriles is 1. The molecule has 1 amide bonds. The Labute approximate surface area is 177 Å². The molecule has 3 aromatic rings. The maximum absolute atomic E-state index is 12.4. The van der Waals surface area contributed by atoms with Crippen LogP contribution in [0.2, 0.25) is 0 Å². The van der Waals surface area contributed by atoms with Crippen LogP contribution in [-0.4, -0.2) is 26.8 Å². The lowest BCUT2D eigenvalue weighted by Crippen LogP contribution is -2.14. The summed E-state index contributed by atoms with van der Waals surface area (Å²) < 4.78 is 0. The number of anilines is 1. The monoisotopic (exact) mass is 423 g/mol. The number of carbonyl (C=O) groups is 1. The molecule has 0 atom stereocenters. The summed E-state index contributed by atoms with van der Waals surface area (Å²) in [4.78, 5) is 18.1. The standard InChI is InChI=1S/C21H21N5OS2/c1-2-13-7-9-14(10-8-13)19-24-21(26-25-19)28-12-18(27)23-20-16(11-22)15-5-3-4-6-17(15)29-20/h7-10H,2-6,12H2,1H3,(H,23,27)(H,24,25,26). The summed E-state index contributed by atoms with van der Waals surface area (Å²) in [5.41, 5.74) is 4.00. The van der Waals surface area contributed by atoms with E-state index in [2.05, 4.69) is 45.6 Å². The number of carbonyl (C=O) groups excluding carboxylic acids is 1. The van der Waals surface area contributed by atoms with Crippen molar-refractivity contribution in [1.29, 1.82) is 5.26 Å². The lowest BCUT2D eigenvalue weighted by atomic mass is 9.96. The summed E-state index contributed by atoms with van der Waals surface area (Å²) in [6.07, 6.45) is 5.18. The molecule has 4 rings (SSSR count). The molecule has 0 fully saturated rings. The minimum absolute atomic E-state index is 0.149. The van der Waals surface area contributed by atoms with Crippen molar-refractivity contribution in [3.8, 4) is 17.5 Å². The van der Waals surface area contributed by atoms with Gasteiger partial charge in [-0.1, -0.05) is 43.0 Å². The van der Waals surface area contributed by atoms with Gasteiger partial charge in [0.05, 0.1) is 11.3 Å². The molecule has 148 valence electrons. The molecule has 0 aliphatic heterocycles. The van der Waals surface area contributed by atoms with Crippen LogP contribution in [0.3, 0.4) is 0 Å². The predicted molar refractivity (Wildman–Crippen MR) is 116 cm³/mol. The number of hydrogen-bond acceptors (Lipinski definition) is 6. The molecule has 1 aromatic carbocycles. The second kappa shape index (κ2) is 8.80. The zero-order valence-corrected chi connectivity index (χ0v) is 17.8. The van der Waals surface area contributed by atoms with Crippen molar-refractivity contribution in [2.45, 2.75) is 44.2 Å². The van der Waals surface area contributed by atoms with Gasteiger partial charge in [-0.15, -0.1) is 16.4 Å². The van der Waals surface area contributed by atoms with E-state index in [0.29, 0.717) is 21.5 Å². The molecular weight excluding hydrogens is 402 g/mol. The predicted octanol–water partition coefficient (Wildman–Crippen LogP) is 4.58. The van der Waals surface area contributed by atoms with Crippen LogP contribution in [0.15, 0.2) is 29.4 Å². The van der Waals surface area contributed by atoms with Gasteiger partial charge in [-0.25, -0.2) is 4.98 Å². The van der Waals surface area contributed by atoms with Crippen molar-refractivity contribution in [2.24, 2.45) is 0 Å². The number of H-pyrrole nitrogens is 1. The van der Waals surface area contributed by atoms with Crippen molar-refractivity contribution in [3.05, 3.63) is 45.8 Å². The molecule has 8 heteroatoms. The minimum Gasteiger partial charge on any atom is -0.316 e. The van der Waals surface area contributed by atoms with Crippen LogP contribution in [-0.2, 0) is 24.1 Å². The number of hydrogen-bond donors (Lipinski definition) is 2. The number of amides is 1. The van der Waals surface area contributed by atoms with Crippen molar-refractivity contribution in [2.75, 3.05) is 11.1 Å². The number of nitrogens with one attached hydrogen (secondary N) is 2. The molecule has 29 heavy (non-hydrogen) atoms. The van der Waals surface area contributed by atoms with E-state index in [1.165, 1.54) is 33.5 Å². The minimum atomic E-state index is -0.149. The molecule has 0 radical (unpaired) electrons. The van der Waals surface area contributed by atoms with Crippen molar-refractivity contribution in [1.82, 2.24) is 15.2 Å². The highest BCUT2D eigenvalue weighted by atomic mass is 32.2. The third kappa shape index (κ3) is 4.36. The van der Waals surface area contributed by atoms with Gasteiger partial charge in [-0.3, -0.25) is 9.89 Å². The lowest BCUT2D eigenvalue weighted by molar-refractivity contribution is -0.113. The lowest BCUT2D eigenvalue weighted by Gasteiger charge is -2.09. The topological polar surface area (TPSA) is 94.5 Å². The zero-order chi connectivity index (χ0) is 20.2. The highest BCUT2D eigenvalue weighted by Crippen LogP contribution is 2.37. The van der Waals surface area contributed by atoms with Crippen LogP contribution in [0, 0.1) is 11.3 Å². The maximum atomic E-state index is 12.4. The van der Waals surface area contributed by atoms with Crippen molar-refractivity contribution in [3.63, 3.8) is 0 Å². The van der Waals surface area contributed by atoms with Crippen LogP contribution in [0.5, 0.6) is 0 Å². The zero-order valence-electron chi connectivity index (χ0n) is 16.1. The molecule has 0 saturated carbocycles. The Balaban J connectivity index is 1.37. The number of aromatic amines is 1. The van der Waals surface area contributed by atoms with Gasteiger partial charge in [0.15, 0.2) is 5.82 Å². The fourth-order valence-electron chi connectivity index (χ4n) is 3.40. The van der Waals surface area contributed by atoms with Gasteiger partial charge in [-0.2, -0.15) is 5.26 Å². The second-order valence-electron chi connectivity index (χ2n) is 6.88. The van der Waals surface area contributed by atoms with E-state index >= 15 is 0 Å². The number of thiophene rings is 1. The third-order valence-electron chi connectivity index (χ3n) is 4.97. The van der Waals surface area contributed by atoms with Gasteiger partial charge in [0.1, 0.15) is 11.1 Å². The van der Waals surface area contributed by atoms with Gasteiger partial charge >= 0.3 is 0 Å². The molecule has 1 aliphatic rings. The summed E-state index contributed by atoms with van der Waals surface area (Å²) in [6.45, 7) is 2.12. The summed E-state index contributed by atoms with van der Waals surface area (Å²) in [5.74, 6) is 0.733. The quantitative estimate of drug-likeness (QED) is 0.566. The number of thioether (sulfide) groups is 1. The van der Waals surface area contributed by atoms with E-state index in [4.69, 9.17) is 0 Å². The van der Waals surface area contributed by atoms with Gasteiger partial charge in [0.25, 0.3) is 0 Å². The maximum Gasteiger partial charge on any atom is 0.235 e. The van der Waals surface area contributed by atoms with Crippen LogP contribution in [0.1, 0.15) is 41.3 Å². The largest absolute Gasteiger partial charge is 0.316 e. The molecule has 2 aromatic heterocycles. The molecule has 0 spiro atoms. The van der Waals surface area contributed by atoms with Crippen LogP contribution < -0.4 is 5.32 Å². The molecule has 2 N–H and O–H groups in total. The van der Waals surface area contributed by atoms with Gasteiger partial charge in [-0.05, 0) is 43.2 Å². The number of rotatable bonds is 6. The Hall–Kier alpha value is -2.63. The summed E-state index contributed by atoms with van der Waals surface area (Å²) in [5, 5.41) is 20.7. The Morgan fingerprint density at radius 1 is 1.31 bits per heavy atom. The van der Waals surface area contributed by atoms with Crippen LogP contribution in [0.4, 0.5) is 5.00 Å². The summed E-state index contributed by atoms with van der Waals surface area (Å²) >= 11 is 2.82. The Morgan fingerprint density at radius 2 is 2.10 bits per heavy atom. The van der Waals surface area contributed by atoms with Crippen LogP contribution >= 0.6 is 23.1 Å². The number of benzene rings is 1. The third-order valence-corrected chi connectivity index (χ3v) is 7.02. The van der Waals surface area contributed by atoms with Crippen LogP contribution in [0.25, 0.3) is 11.4 Å². The van der Waals surface area contributed by atoms with E-state index in [9.17, 15) is 10.1 Å². The summed E-state index contributed by atoms with van der Waals surface area (Å²) in [7, 11) is 0. The average Bonchev–Trinajstić information content (AvgIpc) is 3.36. The molecule has 0 saturated heterocycles. The van der Waals surface area contributed by atoms with Crippen molar-refractivity contribution < 1.29 is 4.79 Å². The first-order chi connectivity index (χ1) is 14.2. The van der Waals surface area contributed by atoms with E-state index in [-0.39, 0.29) is 11.7 Å². The van der Waals surface area contributed by atoms with Gasteiger partial charge in [0.2, 0.25) is 11.1 Å². The Morgan fingerprint density at radius 3 is 2.86 bits per heavy atom. The number of aryl methyl sites for hydroxylation is 2. The van der Waals surface area contributed by atoms with Gasteiger partial charge in [0, 0.05) is 10.4 Å². The number of nitrogens with zero attached hydrogens (tertiary/aromatic N) is 3. The smallest absolute Gasteiger partial charge is 0.235 e. The molecular formula is C21H21N5OS2. The average molecular weight is 424 g/mol. The summed E-state index contributed by atoms with van der Waals surface area (Å²) in [6, 6.07) is 10.5. The molecule has 6 nitrogen and oxygen atoms in total. The Kier molecular flexibility index (Phi) is 5.97.